The Morgan fingerprint density at radius 2 is 2.00 bits per heavy atom. The van der Waals surface area contributed by atoms with Gasteiger partial charge in [-0.1, -0.05) is 24.3 Å². The average molecular weight is 375 g/mol. The van der Waals surface area contributed by atoms with Gasteiger partial charge in [0.15, 0.2) is 5.13 Å². The van der Waals surface area contributed by atoms with Gasteiger partial charge in [0.2, 0.25) is 11.8 Å². The number of thiazole rings is 1. The first-order valence-electron chi connectivity index (χ1n) is 8.70. The first-order chi connectivity index (χ1) is 12.5. The number of nitrogens with zero attached hydrogens (tertiary/aromatic N) is 1. The lowest BCUT2D eigenvalue weighted by Crippen LogP contribution is -2.23. The number of carbonyl (C=O) groups is 2. The molecule has 0 aliphatic rings. The maximum absolute atomic E-state index is 11.9. The number of rotatable bonds is 9. The van der Waals surface area contributed by atoms with E-state index in [4.69, 9.17) is 4.74 Å². The van der Waals surface area contributed by atoms with Crippen molar-refractivity contribution in [2.75, 3.05) is 18.5 Å². The van der Waals surface area contributed by atoms with Crippen LogP contribution < -0.4 is 10.6 Å². The highest BCUT2D eigenvalue weighted by Gasteiger charge is 2.10. The van der Waals surface area contributed by atoms with Gasteiger partial charge in [-0.15, -0.1) is 11.3 Å². The number of anilines is 1. The van der Waals surface area contributed by atoms with E-state index in [1.165, 1.54) is 18.3 Å². The SMILES string of the molecule is CCOCCCC(=O)Nc1nc(-c2ccc([C@@H](C)NC(C)=O)cc2)cs1. The third-order valence-electron chi connectivity index (χ3n) is 3.77. The van der Waals surface area contributed by atoms with E-state index < -0.39 is 0 Å². The Balaban J connectivity index is 1.92. The number of carbonyl (C=O) groups excluding carboxylic acids is 2. The van der Waals surface area contributed by atoms with Crippen LogP contribution in [0.3, 0.4) is 0 Å². The standard InChI is InChI=1S/C19H25N3O3S/c1-4-25-11-5-6-18(24)22-19-21-17(12-26-19)16-9-7-15(8-10-16)13(2)20-14(3)23/h7-10,12-13H,4-6,11H2,1-3H3,(H,20,23)(H,21,22,24)/t13-/m1/s1. The molecule has 1 aromatic carbocycles. The topological polar surface area (TPSA) is 80.3 Å². The lowest BCUT2D eigenvalue weighted by atomic mass is 10.1. The van der Waals surface area contributed by atoms with E-state index in [-0.39, 0.29) is 17.9 Å². The molecule has 6 nitrogen and oxygen atoms in total. The fraction of sp³-hybridized carbons (Fsp3) is 0.421. The van der Waals surface area contributed by atoms with E-state index in [0.717, 1.165) is 16.8 Å². The Hall–Kier alpha value is -2.25. The highest BCUT2D eigenvalue weighted by Crippen LogP contribution is 2.26. The minimum Gasteiger partial charge on any atom is -0.382 e. The van der Waals surface area contributed by atoms with Crippen molar-refractivity contribution >= 4 is 28.3 Å². The molecule has 0 saturated heterocycles. The molecule has 2 N–H and O–H groups in total. The van der Waals surface area contributed by atoms with Crippen LogP contribution >= 0.6 is 11.3 Å². The summed E-state index contributed by atoms with van der Waals surface area (Å²) in [5.74, 6) is -0.104. The van der Waals surface area contributed by atoms with Crippen molar-refractivity contribution in [1.29, 1.82) is 0 Å². The van der Waals surface area contributed by atoms with Crippen molar-refractivity contribution in [2.45, 2.75) is 39.7 Å². The van der Waals surface area contributed by atoms with Gasteiger partial charge in [-0.3, -0.25) is 9.59 Å². The molecule has 26 heavy (non-hydrogen) atoms. The van der Waals surface area contributed by atoms with Crippen LogP contribution in [0.4, 0.5) is 5.13 Å². The quantitative estimate of drug-likeness (QED) is 0.654. The molecule has 1 aromatic heterocycles. The second-order valence-electron chi connectivity index (χ2n) is 5.93. The Morgan fingerprint density at radius 3 is 2.65 bits per heavy atom. The Kier molecular flexibility index (Phi) is 7.74. The molecule has 0 aliphatic heterocycles. The van der Waals surface area contributed by atoms with Gasteiger partial charge in [0.05, 0.1) is 11.7 Å². The van der Waals surface area contributed by atoms with Crippen molar-refractivity contribution in [1.82, 2.24) is 10.3 Å². The maximum atomic E-state index is 11.9. The predicted octanol–water partition coefficient (Wildman–Crippen LogP) is 3.76. The number of aromatic nitrogens is 1. The van der Waals surface area contributed by atoms with Gasteiger partial charge in [-0.05, 0) is 25.8 Å². The molecule has 0 spiro atoms. The Morgan fingerprint density at radius 1 is 1.27 bits per heavy atom. The van der Waals surface area contributed by atoms with Gasteiger partial charge in [0.25, 0.3) is 0 Å². The average Bonchev–Trinajstić information content (AvgIpc) is 3.06. The minimum atomic E-state index is -0.0530. The highest BCUT2D eigenvalue weighted by molar-refractivity contribution is 7.14. The lowest BCUT2D eigenvalue weighted by molar-refractivity contribution is -0.119. The molecule has 7 heteroatoms. The third-order valence-corrected chi connectivity index (χ3v) is 4.53. The van der Waals surface area contributed by atoms with Crippen LogP contribution in [0.2, 0.25) is 0 Å². The summed E-state index contributed by atoms with van der Waals surface area (Å²) in [5.41, 5.74) is 2.82. The second kappa shape index (κ2) is 10.0. The van der Waals surface area contributed by atoms with Gasteiger partial charge in [-0.2, -0.15) is 0 Å². The molecule has 0 aliphatic carbocycles. The van der Waals surface area contributed by atoms with Gasteiger partial charge in [0, 0.05) is 37.5 Å². The molecule has 2 amide bonds. The predicted molar refractivity (Wildman–Crippen MR) is 104 cm³/mol. The van der Waals surface area contributed by atoms with Crippen LogP contribution in [0.15, 0.2) is 29.6 Å². The number of benzene rings is 1. The van der Waals surface area contributed by atoms with Crippen LogP contribution in [-0.2, 0) is 14.3 Å². The first kappa shape index (κ1) is 20.1. The molecule has 0 unspecified atom stereocenters. The largest absolute Gasteiger partial charge is 0.382 e. The molecule has 140 valence electrons. The fourth-order valence-electron chi connectivity index (χ4n) is 2.46. The summed E-state index contributed by atoms with van der Waals surface area (Å²) in [6.45, 7) is 6.64. The summed E-state index contributed by atoms with van der Waals surface area (Å²) >= 11 is 1.40. The Labute approximate surface area is 158 Å². The van der Waals surface area contributed by atoms with Crippen LogP contribution in [0.25, 0.3) is 11.3 Å². The van der Waals surface area contributed by atoms with Gasteiger partial charge < -0.3 is 15.4 Å². The molecule has 0 fully saturated rings. The van der Waals surface area contributed by atoms with Crippen molar-refractivity contribution < 1.29 is 14.3 Å². The highest BCUT2D eigenvalue weighted by atomic mass is 32.1. The van der Waals surface area contributed by atoms with Crippen molar-refractivity contribution in [3.63, 3.8) is 0 Å². The van der Waals surface area contributed by atoms with Crippen molar-refractivity contribution in [3.8, 4) is 11.3 Å². The van der Waals surface area contributed by atoms with Gasteiger partial charge >= 0.3 is 0 Å². The molecular formula is C19H25N3O3S. The molecule has 0 saturated carbocycles. The van der Waals surface area contributed by atoms with E-state index in [9.17, 15) is 9.59 Å². The molecule has 2 aromatic rings. The summed E-state index contributed by atoms with van der Waals surface area (Å²) < 4.78 is 5.23. The zero-order chi connectivity index (χ0) is 18.9. The van der Waals surface area contributed by atoms with E-state index >= 15 is 0 Å². The molecule has 0 bridgehead atoms. The fourth-order valence-corrected chi connectivity index (χ4v) is 3.19. The first-order valence-corrected chi connectivity index (χ1v) is 9.58. The second-order valence-corrected chi connectivity index (χ2v) is 6.79. The number of amides is 2. The molecule has 2 rings (SSSR count). The van der Waals surface area contributed by atoms with Crippen LogP contribution in [0.5, 0.6) is 0 Å². The van der Waals surface area contributed by atoms with Gasteiger partial charge in [-0.25, -0.2) is 4.98 Å². The lowest BCUT2D eigenvalue weighted by Gasteiger charge is -2.13. The number of hydrogen-bond acceptors (Lipinski definition) is 5. The van der Waals surface area contributed by atoms with Crippen LogP contribution in [-0.4, -0.2) is 30.0 Å². The van der Waals surface area contributed by atoms with Gasteiger partial charge in [0.1, 0.15) is 0 Å². The summed E-state index contributed by atoms with van der Waals surface area (Å²) in [7, 11) is 0. The molecule has 1 heterocycles. The molecular weight excluding hydrogens is 350 g/mol. The molecule has 0 radical (unpaired) electrons. The zero-order valence-electron chi connectivity index (χ0n) is 15.4. The summed E-state index contributed by atoms with van der Waals surface area (Å²) in [6, 6.07) is 7.85. The number of ether oxygens (including phenoxy) is 1. The molecule has 1 atom stereocenters. The van der Waals surface area contributed by atoms with Crippen molar-refractivity contribution in [2.24, 2.45) is 0 Å². The smallest absolute Gasteiger partial charge is 0.226 e. The normalized spacial score (nSPS) is 11.8. The van der Waals surface area contributed by atoms with E-state index in [1.54, 1.807) is 0 Å². The summed E-state index contributed by atoms with van der Waals surface area (Å²) in [5, 5.41) is 8.20. The monoisotopic (exact) mass is 375 g/mol. The minimum absolute atomic E-state index is 0.0384. The summed E-state index contributed by atoms with van der Waals surface area (Å²) in [6.07, 6.45) is 1.12. The van der Waals surface area contributed by atoms with E-state index in [1.807, 2.05) is 43.5 Å². The maximum Gasteiger partial charge on any atom is 0.226 e. The van der Waals surface area contributed by atoms with E-state index in [0.29, 0.717) is 31.2 Å². The van der Waals surface area contributed by atoms with Crippen LogP contribution in [0.1, 0.15) is 45.2 Å². The summed E-state index contributed by atoms with van der Waals surface area (Å²) in [4.78, 5) is 27.5. The number of hydrogen-bond donors (Lipinski definition) is 2. The van der Waals surface area contributed by atoms with E-state index in [2.05, 4.69) is 15.6 Å². The Bertz CT molecular complexity index is 728. The third kappa shape index (κ3) is 6.24. The zero-order valence-corrected chi connectivity index (χ0v) is 16.2. The van der Waals surface area contributed by atoms with Crippen molar-refractivity contribution in [3.05, 3.63) is 35.2 Å². The van der Waals surface area contributed by atoms with Crippen LogP contribution in [0, 0.1) is 0 Å². The number of nitrogens with one attached hydrogen (secondary N) is 2.